The van der Waals surface area contributed by atoms with Crippen molar-refractivity contribution in [1.82, 2.24) is 4.90 Å². The smallest absolute Gasteiger partial charge is 0.320 e. The van der Waals surface area contributed by atoms with Crippen molar-refractivity contribution in [1.29, 1.82) is 0 Å². The molecule has 3 nitrogen and oxygen atoms in total. The van der Waals surface area contributed by atoms with Crippen molar-refractivity contribution in [3.63, 3.8) is 0 Å². The van der Waals surface area contributed by atoms with Crippen LogP contribution in [-0.2, 0) is 11.3 Å². The second-order valence-corrected chi connectivity index (χ2v) is 4.79. The molecule has 0 saturated heterocycles. The van der Waals surface area contributed by atoms with Gasteiger partial charge in [0.2, 0.25) is 0 Å². The SMILES string of the molecule is Cc1cc(C)c(CN(C)C(C)C(=O)O)cc1C. The quantitative estimate of drug-likeness (QED) is 0.871. The summed E-state index contributed by atoms with van der Waals surface area (Å²) in [5.74, 6) is -0.783. The summed E-state index contributed by atoms with van der Waals surface area (Å²) in [5, 5.41) is 8.96. The number of hydrogen-bond acceptors (Lipinski definition) is 2. The van der Waals surface area contributed by atoms with Crippen LogP contribution >= 0.6 is 0 Å². The Balaban J connectivity index is 2.88. The molecule has 0 heterocycles. The Kier molecular flexibility index (Phi) is 4.29. The minimum absolute atomic E-state index is 0.462. The van der Waals surface area contributed by atoms with E-state index >= 15 is 0 Å². The lowest BCUT2D eigenvalue weighted by Gasteiger charge is -2.22. The van der Waals surface area contributed by atoms with E-state index in [1.54, 1.807) is 6.92 Å². The molecule has 1 aromatic rings. The molecule has 94 valence electrons. The van der Waals surface area contributed by atoms with E-state index in [-0.39, 0.29) is 0 Å². The molecule has 0 bridgehead atoms. The normalized spacial score (nSPS) is 12.8. The van der Waals surface area contributed by atoms with E-state index in [4.69, 9.17) is 5.11 Å². The molecule has 0 amide bonds. The van der Waals surface area contributed by atoms with Crippen LogP contribution in [0.5, 0.6) is 0 Å². The number of nitrogens with zero attached hydrogens (tertiary/aromatic N) is 1. The van der Waals surface area contributed by atoms with E-state index in [0.29, 0.717) is 6.54 Å². The number of rotatable bonds is 4. The molecule has 0 aliphatic rings. The fourth-order valence-electron chi connectivity index (χ4n) is 1.78. The molecule has 0 aliphatic carbocycles. The monoisotopic (exact) mass is 235 g/mol. The van der Waals surface area contributed by atoms with Gasteiger partial charge in [0.15, 0.2) is 0 Å². The highest BCUT2D eigenvalue weighted by atomic mass is 16.4. The first-order chi connectivity index (χ1) is 7.82. The molecule has 0 spiro atoms. The van der Waals surface area contributed by atoms with E-state index in [1.165, 1.54) is 22.3 Å². The number of carboxylic acid groups (broad SMARTS) is 1. The van der Waals surface area contributed by atoms with Gasteiger partial charge in [-0.25, -0.2) is 0 Å². The Bertz CT molecular complexity index is 426. The summed E-state index contributed by atoms with van der Waals surface area (Å²) in [6.07, 6.45) is 0. The van der Waals surface area contributed by atoms with Crippen LogP contribution in [-0.4, -0.2) is 29.1 Å². The highest BCUT2D eigenvalue weighted by Gasteiger charge is 2.17. The molecule has 0 saturated carbocycles. The summed E-state index contributed by atoms with van der Waals surface area (Å²) in [4.78, 5) is 12.7. The van der Waals surface area contributed by atoms with Crippen molar-refractivity contribution in [3.05, 3.63) is 34.4 Å². The molecular formula is C14H21NO2. The third-order valence-electron chi connectivity index (χ3n) is 3.39. The molecule has 1 rings (SSSR count). The van der Waals surface area contributed by atoms with E-state index in [1.807, 2.05) is 11.9 Å². The molecule has 1 atom stereocenters. The van der Waals surface area contributed by atoms with Gasteiger partial charge in [-0.1, -0.05) is 12.1 Å². The van der Waals surface area contributed by atoms with Gasteiger partial charge in [-0.2, -0.15) is 0 Å². The van der Waals surface area contributed by atoms with Crippen LogP contribution in [0, 0.1) is 20.8 Å². The summed E-state index contributed by atoms with van der Waals surface area (Å²) >= 11 is 0. The molecule has 1 unspecified atom stereocenters. The predicted octanol–water partition coefficient (Wildman–Crippen LogP) is 2.52. The van der Waals surface area contributed by atoms with E-state index in [9.17, 15) is 4.79 Å². The van der Waals surface area contributed by atoms with Crippen molar-refractivity contribution in [2.45, 2.75) is 40.3 Å². The first-order valence-electron chi connectivity index (χ1n) is 5.82. The average molecular weight is 235 g/mol. The van der Waals surface area contributed by atoms with Gasteiger partial charge in [0, 0.05) is 6.54 Å². The van der Waals surface area contributed by atoms with Crippen LogP contribution in [0.15, 0.2) is 12.1 Å². The molecule has 1 N–H and O–H groups in total. The minimum atomic E-state index is -0.783. The number of aryl methyl sites for hydroxylation is 3. The maximum absolute atomic E-state index is 10.9. The number of carbonyl (C=O) groups is 1. The van der Waals surface area contributed by atoms with Gasteiger partial charge in [0.25, 0.3) is 0 Å². The van der Waals surface area contributed by atoms with E-state index < -0.39 is 12.0 Å². The zero-order valence-electron chi connectivity index (χ0n) is 11.2. The van der Waals surface area contributed by atoms with Crippen LogP contribution in [0.2, 0.25) is 0 Å². The third-order valence-corrected chi connectivity index (χ3v) is 3.39. The Morgan fingerprint density at radius 2 is 1.76 bits per heavy atom. The summed E-state index contributed by atoms with van der Waals surface area (Å²) in [6.45, 7) is 8.62. The molecule has 3 heteroatoms. The zero-order valence-corrected chi connectivity index (χ0v) is 11.2. The Morgan fingerprint density at radius 3 is 2.29 bits per heavy atom. The molecule has 0 fully saturated rings. The lowest BCUT2D eigenvalue weighted by atomic mass is 10.0. The number of benzene rings is 1. The Hall–Kier alpha value is -1.35. The molecule has 1 aromatic carbocycles. The van der Waals surface area contributed by atoms with Gasteiger partial charge >= 0.3 is 5.97 Å². The summed E-state index contributed by atoms with van der Waals surface area (Å²) in [6, 6.07) is 3.84. The summed E-state index contributed by atoms with van der Waals surface area (Å²) in [5.41, 5.74) is 4.95. The minimum Gasteiger partial charge on any atom is -0.480 e. The number of carboxylic acids is 1. The van der Waals surface area contributed by atoms with Crippen LogP contribution < -0.4 is 0 Å². The third kappa shape index (κ3) is 3.30. The molecule has 0 radical (unpaired) electrons. The van der Waals surface area contributed by atoms with Crippen molar-refractivity contribution >= 4 is 5.97 Å². The fourth-order valence-corrected chi connectivity index (χ4v) is 1.78. The second kappa shape index (κ2) is 5.32. The molecule has 0 aromatic heterocycles. The largest absolute Gasteiger partial charge is 0.480 e. The Labute approximate surface area is 103 Å². The van der Waals surface area contributed by atoms with Gasteiger partial charge in [-0.3, -0.25) is 9.69 Å². The lowest BCUT2D eigenvalue weighted by Crippen LogP contribution is -2.35. The second-order valence-electron chi connectivity index (χ2n) is 4.79. The lowest BCUT2D eigenvalue weighted by molar-refractivity contribution is -0.142. The zero-order chi connectivity index (χ0) is 13.2. The highest BCUT2D eigenvalue weighted by molar-refractivity contribution is 5.72. The van der Waals surface area contributed by atoms with Gasteiger partial charge in [-0.15, -0.1) is 0 Å². The maximum atomic E-state index is 10.9. The molecule has 0 aliphatic heterocycles. The number of likely N-dealkylation sites (N-methyl/N-ethyl adjacent to an activating group) is 1. The first-order valence-corrected chi connectivity index (χ1v) is 5.82. The standard InChI is InChI=1S/C14H21NO2/c1-9-6-11(3)13(7-10(9)2)8-15(5)12(4)14(16)17/h6-7,12H,8H2,1-5H3,(H,16,17). The van der Waals surface area contributed by atoms with Crippen LogP contribution in [0.4, 0.5) is 0 Å². The van der Waals surface area contributed by atoms with Crippen molar-refractivity contribution < 1.29 is 9.90 Å². The van der Waals surface area contributed by atoms with Crippen LogP contribution in [0.25, 0.3) is 0 Å². The van der Waals surface area contributed by atoms with E-state index in [2.05, 4.69) is 32.9 Å². The predicted molar refractivity (Wildman–Crippen MR) is 69.2 cm³/mol. The van der Waals surface area contributed by atoms with E-state index in [0.717, 1.165) is 0 Å². The summed E-state index contributed by atoms with van der Waals surface area (Å²) in [7, 11) is 1.84. The van der Waals surface area contributed by atoms with Crippen LogP contribution in [0.3, 0.4) is 0 Å². The van der Waals surface area contributed by atoms with Crippen molar-refractivity contribution in [2.24, 2.45) is 0 Å². The van der Waals surface area contributed by atoms with Gasteiger partial charge in [-0.05, 0) is 57.0 Å². The first kappa shape index (κ1) is 13.7. The fraction of sp³-hybridized carbons (Fsp3) is 0.500. The Morgan fingerprint density at radius 1 is 1.24 bits per heavy atom. The van der Waals surface area contributed by atoms with Crippen molar-refractivity contribution in [2.75, 3.05) is 7.05 Å². The molecular weight excluding hydrogens is 214 g/mol. The van der Waals surface area contributed by atoms with Crippen molar-refractivity contribution in [3.8, 4) is 0 Å². The van der Waals surface area contributed by atoms with Gasteiger partial charge in [0.05, 0.1) is 0 Å². The van der Waals surface area contributed by atoms with Crippen LogP contribution in [0.1, 0.15) is 29.2 Å². The van der Waals surface area contributed by atoms with Gasteiger partial charge in [0.1, 0.15) is 6.04 Å². The number of aliphatic carboxylic acids is 1. The molecule has 17 heavy (non-hydrogen) atoms. The highest BCUT2D eigenvalue weighted by Crippen LogP contribution is 2.17. The van der Waals surface area contributed by atoms with Gasteiger partial charge < -0.3 is 5.11 Å². The summed E-state index contributed by atoms with van der Waals surface area (Å²) < 4.78 is 0. The topological polar surface area (TPSA) is 40.5 Å². The maximum Gasteiger partial charge on any atom is 0.320 e. The number of hydrogen-bond donors (Lipinski definition) is 1. The average Bonchev–Trinajstić information content (AvgIpc) is 2.24.